The van der Waals surface area contributed by atoms with E-state index in [1.807, 2.05) is 28.8 Å². The fourth-order valence-electron chi connectivity index (χ4n) is 2.77. The molecule has 7 heteroatoms. The third kappa shape index (κ3) is 4.47. The number of nitrogens with one attached hydrogen (secondary N) is 1. The first-order valence-corrected chi connectivity index (χ1v) is 8.50. The maximum atomic E-state index is 12.4. The number of aromatic nitrogens is 2. The highest BCUT2D eigenvalue weighted by Gasteiger charge is 2.31. The number of ether oxygens (including phenoxy) is 1. The molecule has 3 aromatic rings. The standard InChI is InChI=1S/C19H20F3N3O/c1-2-3-11-23-18-24-16-9-4-5-10-17(16)25(18)13-14-7-6-8-15(12-14)26-19(20,21)22/h4-10,12H,2-3,11,13H2,1H3,(H,23,24). The average Bonchev–Trinajstić information content (AvgIpc) is 2.92. The Balaban J connectivity index is 1.90. The molecule has 138 valence electrons. The van der Waals surface area contributed by atoms with Crippen molar-refractivity contribution in [2.75, 3.05) is 11.9 Å². The lowest BCUT2D eigenvalue weighted by molar-refractivity contribution is -0.274. The Hall–Kier alpha value is -2.70. The van der Waals surface area contributed by atoms with Crippen molar-refractivity contribution in [3.63, 3.8) is 0 Å². The zero-order valence-corrected chi connectivity index (χ0v) is 14.4. The van der Waals surface area contributed by atoms with Crippen molar-refractivity contribution in [3.05, 3.63) is 54.1 Å². The van der Waals surface area contributed by atoms with Crippen LogP contribution in [0.1, 0.15) is 25.3 Å². The molecule has 0 amide bonds. The number of hydrogen-bond acceptors (Lipinski definition) is 3. The summed E-state index contributed by atoms with van der Waals surface area (Å²) in [4.78, 5) is 4.60. The van der Waals surface area contributed by atoms with E-state index in [0.717, 1.165) is 30.4 Å². The summed E-state index contributed by atoms with van der Waals surface area (Å²) >= 11 is 0. The van der Waals surface area contributed by atoms with Crippen LogP contribution in [0.15, 0.2) is 48.5 Å². The molecule has 0 spiro atoms. The van der Waals surface area contributed by atoms with Crippen LogP contribution >= 0.6 is 0 Å². The molecule has 26 heavy (non-hydrogen) atoms. The molecule has 0 unspecified atom stereocenters. The lowest BCUT2D eigenvalue weighted by atomic mass is 10.2. The minimum Gasteiger partial charge on any atom is -0.406 e. The third-order valence-corrected chi connectivity index (χ3v) is 3.94. The van der Waals surface area contributed by atoms with Crippen LogP contribution in [0.25, 0.3) is 11.0 Å². The van der Waals surface area contributed by atoms with Gasteiger partial charge in [0, 0.05) is 6.54 Å². The number of unbranched alkanes of at least 4 members (excludes halogenated alkanes) is 1. The maximum Gasteiger partial charge on any atom is 0.573 e. The molecule has 1 N–H and O–H groups in total. The molecule has 0 fully saturated rings. The van der Waals surface area contributed by atoms with Crippen LogP contribution in [-0.2, 0) is 6.54 Å². The lowest BCUT2D eigenvalue weighted by Crippen LogP contribution is -2.17. The second kappa shape index (κ2) is 7.68. The van der Waals surface area contributed by atoms with Gasteiger partial charge in [0.05, 0.1) is 17.6 Å². The summed E-state index contributed by atoms with van der Waals surface area (Å²) < 4.78 is 43.3. The van der Waals surface area contributed by atoms with Gasteiger partial charge in [0.15, 0.2) is 0 Å². The van der Waals surface area contributed by atoms with Crippen molar-refractivity contribution < 1.29 is 17.9 Å². The SMILES string of the molecule is CCCCNc1nc2ccccc2n1Cc1cccc(OC(F)(F)F)c1. The Morgan fingerprint density at radius 2 is 1.92 bits per heavy atom. The number of para-hydroxylation sites is 2. The number of imidazole rings is 1. The van der Waals surface area contributed by atoms with Gasteiger partial charge in [0.2, 0.25) is 5.95 Å². The molecular weight excluding hydrogens is 343 g/mol. The summed E-state index contributed by atoms with van der Waals surface area (Å²) in [6.07, 6.45) is -2.63. The minimum atomic E-state index is -4.70. The summed E-state index contributed by atoms with van der Waals surface area (Å²) in [7, 11) is 0. The second-order valence-electron chi connectivity index (χ2n) is 5.99. The highest BCUT2D eigenvalue weighted by molar-refractivity contribution is 5.78. The molecule has 1 aromatic heterocycles. The fourth-order valence-corrected chi connectivity index (χ4v) is 2.77. The van der Waals surface area contributed by atoms with Gasteiger partial charge in [-0.1, -0.05) is 37.6 Å². The van der Waals surface area contributed by atoms with Gasteiger partial charge in [0.1, 0.15) is 5.75 Å². The van der Waals surface area contributed by atoms with Crippen LogP contribution < -0.4 is 10.1 Å². The van der Waals surface area contributed by atoms with Crippen molar-refractivity contribution in [3.8, 4) is 5.75 Å². The van der Waals surface area contributed by atoms with E-state index in [-0.39, 0.29) is 5.75 Å². The van der Waals surface area contributed by atoms with Crippen LogP contribution in [0.2, 0.25) is 0 Å². The average molecular weight is 363 g/mol. The highest BCUT2D eigenvalue weighted by Crippen LogP contribution is 2.26. The molecular formula is C19H20F3N3O. The van der Waals surface area contributed by atoms with E-state index in [9.17, 15) is 13.2 Å². The predicted molar refractivity (Wildman–Crippen MR) is 95.4 cm³/mol. The number of alkyl halides is 3. The van der Waals surface area contributed by atoms with Crippen molar-refractivity contribution in [2.45, 2.75) is 32.7 Å². The van der Waals surface area contributed by atoms with E-state index in [2.05, 4.69) is 22.0 Å². The van der Waals surface area contributed by atoms with Gasteiger partial charge in [0.25, 0.3) is 0 Å². The van der Waals surface area contributed by atoms with Gasteiger partial charge in [-0.25, -0.2) is 4.98 Å². The van der Waals surface area contributed by atoms with E-state index >= 15 is 0 Å². The predicted octanol–water partition coefficient (Wildman–Crippen LogP) is 5.20. The van der Waals surface area contributed by atoms with Gasteiger partial charge in [-0.2, -0.15) is 0 Å². The number of fused-ring (bicyclic) bond motifs is 1. The van der Waals surface area contributed by atoms with Gasteiger partial charge >= 0.3 is 6.36 Å². The molecule has 4 nitrogen and oxygen atoms in total. The van der Waals surface area contributed by atoms with Gasteiger partial charge < -0.3 is 14.6 Å². The van der Waals surface area contributed by atoms with Gasteiger partial charge in [-0.3, -0.25) is 0 Å². The van der Waals surface area contributed by atoms with Crippen molar-refractivity contribution in [1.82, 2.24) is 9.55 Å². The largest absolute Gasteiger partial charge is 0.573 e. The first-order chi connectivity index (χ1) is 12.5. The highest BCUT2D eigenvalue weighted by atomic mass is 19.4. The van der Waals surface area contributed by atoms with E-state index < -0.39 is 6.36 Å². The monoisotopic (exact) mass is 363 g/mol. The van der Waals surface area contributed by atoms with Crippen LogP contribution in [-0.4, -0.2) is 22.5 Å². The number of rotatable bonds is 7. The number of anilines is 1. The molecule has 0 saturated carbocycles. The Morgan fingerprint density at radius 1 is 1.12 bits per heavy atom. The molecule has 0 radical (unpaired) electrons. The Kier molecular flexibility index (Phi) is 5.35. The molecule has 0 aliphatic rings. The van der Waals surface area contributed by atoms with Gasteiger partial charge in [-0.15, -0.1) is 13.2 Å². The fraction of sp³-hybridized carbons (Fsp3) is 0.316. The number of benzene rings is 2. The molecule has 3 rings (SSSR count). The number of hydrogen-bond donors (Lipinski definition) is 1. The smallest absolute Gasteiger partial charge is 0.406 e. The first kappa shape index (κ1) is 18.1. The van der Waals surface area contributed by atoms with E-state index in [1.165, 1.54) is 12.1 Å². The summed E-state index contributed by atoms with van der Waals surface area (Å²) in [5.41, 5.74) is 2.47. The third-order valence-electron chi connectivity index (χ3n) is 3.94. The molecule has 0 saturated heterocycles. The number of nitrogens with zero attached hydrogens (tertiary/aromatic N) is 2. The zero-order chi connectivity index (χ0) is 18.6. The summed E-state index contributed by atoms with van der Waals surface area (Å²) in [6, 6.07) is 13.7. The topological polar surface area (TPSA) is 39.1 Å². The van der Waals surface area contributed by atoms with Crippen LogP contribution in [0, 0.1) is 0 Å². The Bertz CT molecular complexity index is 874. The van der Waals surface area contributed by atoms with Crippen LogP contribution in [0.5, 0.6) is 5.75 Å². The van der Waals surface area contributed by atoms with Crippen molar-refractivity contribution in [1.29, 1.82) is 0 Å². The molecule has 0 aliphatic heterocycles. The molecule has 0 bridgehead atoms. The molecule has 0 aliphatic carbocycles. The Labute approximate surface area is 149 Å². The summed E-state index contributed by atoms with van der Waals surface area (Å²) in [6.45, 7) is 3.29. The lowest BCUT2D eigenvalue weighted by Gasteiger charge is -2.13. The Morgan fingerprint density at radius 3 is 2.69 bits per heavy atom. The number of halogens is 3. The van der Waals surface area contributed by atoms with Crippen molar-refractivity contribution >= 4 is 17.0 Å². The van der Waals surface area contributed by atoms with E-state index in [0.29, 0.717) is 18.1 Å². The molecule has 2 aromatic carbocycles. The quantitative estimate of drug-likeness (QED) is 0.587. The normalized spacial score (nSPS) is 11.7. The summed E-state index contributed by atoms with van der Waals surface area (Å²) in [5, 5.41) is 3.32. The second-order valence-corrected chi connectivity index (χ2v) is 5.99. The summed E-state index contributed by atoms with van der Waals surface area (Å²) in [5.74, 6) is 0.488. The van der Waals surface area contributed by atoms with Gasteiger partial charge in [-0.05, 0) is 36.2 Å². The maximum absolute atomic E-state index is 12.4. The minimum absolute atomic E-state index is 0.222. The van der Waals surface area contributed by atoms with Crippen LogP contribution in [0.3, 0.4) is 0 Å². The van der Waals surface area contributed by atoms with E-state index in [4.69, 9.17) is 0 Å². The van der Waals surface area contributed by atoms with E-state index in [1.54, 1.807) is 12.1 Å². The molecule has 1 heterocycles. The van der Waals surface area contributed by atoms with Crippen molar-refractivity contribution in [2.24, 2.45) is 0 Å². The zero-order valence-electron chi connectivity index (χ0n) is 14.4. The first-order valence-electron chi connectivity index (χ1n) is 8.50. The molecule has 0 atom stereocenters. The van der Waals surface area contributed by atoms with Crippen LogP contribution in [0.4, 0.5) is 19.1 Å².